The maximum absolute atomic E-state index is 11.8. The fraction of sp³-hybridized carbons (Fsp3) is 0.100. The number of carbonyl (C=O) groups excluding carboxylic acids is 1. The van der Waals surface area contributed by atoms with Crippen molar-refractivity contribution in [2.24, 2.45) is 7.05 Å². The van der Waals surface area contributed by atoms with Crippen molar-refractivity contribution in [3.05, 3.63) is 30.4 Å². The number of carbonyl (C=O) groups is 1. The second-order valence-corrected chi connectivity index (χ2v) is 4.51. The van der Waals surface area contributed by atoms with Gasteiger partial charge in [0.2, 0.25) is 0 Å². The van der Waals surface area contributed by atoms with Gasteiger partial charge in [0.1, 0.15) is 0 Å². The van der Waals surface area contributed by atoms with Crippen molar-refractivity contribution in [2.45, 2.75) is 0 Å². The molecule has 0 saturated carbocycles. The molecule has 0 aliphatic carbocycles. The van der Waals surface area contributed by atoms with Gasteiger partial charge in [-0.05, 0) is 6.07 Å². The molecule has 3 rings (SSSR count). The third kappa shape index (κ3) is 1.93. The largest absolute Gasteiger partial charge is 0.296 e. The highest BCUT2D eigenvalue weighted by Gasteiger charge is 2.12. The lowest BCUT2D eigenvalue weighted by Crippen LogP contribution is -2.12. The zero-order valence-corrected chi connectivity index (χ0v) is 10.2. The Bertz CT molecular complexity index is 685. The number of fused-ring (bicyclic) bond motifs is 1. The van der Waals surface area contributed by atoms with Crippen molar-refractivity contribution in [3.8, 4) is 0 Å². The van der Waals surface area contributed by atoms with E-state index in [1.165, 1.54) is 11.3 Å². The van der Waals surface area contributed by atoms with E-state index >= 15 is 0 Å². The SMILES string of the molecule is Cn1ccc(C(=O)Nc2nc3nccnc3s2)n1. The van der Waals surface area contributed by atoms with E-state index in [2.05, 4.69) is 25.4 Å². The highest BCUT2D eigenvalue weighted by molar-refractivity contribution is 7.21. The monoisotopic (exact) mass is 260 g/mol. The first kappa shape index (κ1) is 10.8. The van der Waals surface area contributed by atoms with Crippen LogP contribution in [0.2, 0.25) is 0 Å². The van der Waals surface area contributed by atoms with E-state index in [0.29, 0.717) is 21.3 Å². The van der Waals surface area contributed by atoms with Crippen LogP contribution in [0.4, 0.5) is 5.13 Å². The van der Waals surface area contributed by atoms with Crippen LogP contribution in [0.25, 0.3) is 10.5 Å². The van der Waals surface area contributed by atoms with Crippen LogP contribution in [0.1, 0.15) is 10.5 Å². The number of thiazole rings is 1. The summed E-state index contributed by atoms with van der Waals surface area (Å²) >= 11 is 1.28. The maximum atomic E-state index is 11.8. The Morgan fingerprint density at radius 1 is 1.39 bits per heavy atom. The molecule has 18 heavy (non-hydrogen) atoms. The molecule has 0 saturated heterocycles. The van der Waals surface area contributed by atoms with Crippen molar-refractivity contribution < 1.29 is 4.79 Å². The summed E-state index contributed by atoms with van der Waals surface area (Å²) in [6.45, 7) is 0. The van der Waals surface area contributed by atoms with E-state index in [-0.39, 0.29) is 5.91 Å². The molecule has 0 spiro atoms. The fourth-order valence-corrected chi connectivity index (χ4v) is 2.19. The molecule has 90 valence electrons. The average molecular weight is 260 g/mol. The van der Waals surface area contributed by atoms with Crippen molar-refractivity contribution >= 4 is 32.9 Å². The highest BCUT2D eigenvalue weighted by Crippen LogP contribution is 2.22. The zero-order chi connectivity index (χ0) is 12.5. The van der Waals surface area contributed by atoms with Gasteiger partial charge in [-0.1, -0.05) is 11.3 Å². The standard InChI is InChI=1S/C10H8N6OS/c1-16-5-2-6(15-16)8(17)14-10-13-7-9(18-10)12-4-3-11-7/h2-5H,1H3,(H,11,13,14,17). The van der Waals surface area contributed by atoms with E-state index < -0.39 is 0 Å². The number of rotatable bonds is 2. The number of aromatic nitrogens is 5. The van der Waals surface area contributed by atoms with Gasteiger partial charge in [0.25, 0.3) is 5.91 Å². The molecule has 0 atom stereocenters. The summed E-state index contributed by atoms with van der Waals surface area (Å²) in [5.74, 6) is -0.297. The first-order chi connectivity index (χ1) is 8.72. The minimum absolute atomic E-state index is 0.297. The van der Waals surface area contributed by atoms with Crippen LogP contribution in [-0.4, -0.2) is 30.6 Å². The van der Waals surface area contributed by atoms with Crippen molar-refractivity contribution in [1.82, 2.24) is 24.7 Å². The molecule has 3 heterocycles. The molecule has 0 bridgehead atoms. The number of aryl methyl sites for hydroxylation is 1. The molecule has 0 aliphatic heterocycles. The topological polar surface area (TPSA) is 85.6 Å². The Hall–Kier alpha value is -2.35. The van der Waals surface area contributed by atoms with Crippen LogP contribution < -0.4 is 5.32 Å². The van der Waals surface area contributed by atoms with Crippen LogP contribution in [0.3, 0.4) is 0 Å². The van der Waals surface area contributed by atoms with Crippen LogP contribution in [-0.2, 0) is 7.05 Å². The van der Waals surface area contributed by atoms with Crippen LogP contribution in [0.5, 0.6) is 0 Å². The van der Waals surface area contributed by atoms with Gasteiger partial charge in [-0.3, -0.25) is 14.8 Å². The molecule has 0 aromatic carbocycles. The molecule has 0 fully saturated rings. The number of nitrogens with one attached hydrogen (secondary N) is 1. The molecule has 0 aliphatic rings. The molecule has 3 aromatic rings. The van der Waals surface area contributed by atoms with Crippen LogP contribution >= 0.6 is 11.3 Å². The van der Waals surface area contributed by atoms with Crippen molar-refractivity contribution in [3.63, 3.8) is 0 Å². The first-order valence-corrected chi connectivity index (χ1v) is 5.92. The molecular formula is C10H8N6OS. The maximum Gasteiger partial charge on any atom is 0.277 e. The number of amides is 1. The molecule has 1 amide bonds. The molecule has 3 aromatic heterocycles. The predicted octanol–water partition coefficient (Wildman–Crippen LogP) is 1.07. The second kappa shape index (κ2) is 4.15. The Balaban J connectivity index is 1.86. The Morgan fingerprint density at radius 3 is 2.94 bits per heavy atom. The van der Waals surface area contributed by atoms with E-state index in [4.69, 9.17) is 0 Å². The summed E-state index contributed by atoms with van der Waals surface area (Å²) < 4.78 is 1.57. The summed E-state index contributed by atoms with van der Waals surface area (Å²) in [4.78, 5) is 24.9. The van der Waals surface area contributed by atoms with E-state index in [9.17, 15) is 4.79 Å². The molecule has 0 unspecified atom stereocenters. The van der Waals surface area contributed by atoms with E-state index in [1.54, 1.807) is 36.4 Å². The van der Waals surface area contributed by atoms with Crippen LogP contribution in [0.15, 0.2) is 24.7 Å². The van der Waals surface area contributed by atoms with Gasteiger partial charge < -0.3 is 0 Å². The summed E-state index contributed by atoms with van der Waals surface area (Å²) in [6.07, 6.45) is 4.85. The lowest BCUT2D eigenvalue weighted by molar-refractivity contribution is 0.102. The number of nitrogens with zero attached hydrogens (tertiary/aromatic N) is 5. The van der Waals surface area contributed by atoms with Gasteiger partial charge in [0.05, 0.1) is 0 Å². The van der Waals surface area contributed by atoms with Crippen molar-refractivity contribution in [1.29, 1.82) is 0 Å². The molecule has 8 heteroatoms. The Labute approximate surface area is 106 Å². The highest BCUT2D eigenvalue weighted by atomic mass is 32.1. The third-order valence-electron chi connectivity index (χ3n) is 2.21. The quantitative estimate of drug-likeness (QED) is 0.745. The Kier molecular flexibility index (Phi) is 2.49. The van der Waals surface area contributed by atoms with Gasteiger partial charge in [0.15, 0.2) is 21.3 Å². The fourth-order valence-electron chi connectivity index (χ4n) is 1.43. The van der Waals surface area contributed by atoms with Gasteiger partial charge in [0, 0.05) is 25.6 Å². The normalized spacial score (nSPS) is 10.7. The predicted molar refractivity (Wildman–Crippen MR) is 66.4 cm³/mol. The minimum atomic E-state index is -0.297. The molecule has 0 radical (unpaired) electrons. The lowest BCUT2D eigenvalue weighted by atomic mass is 10.4. The lowest BCUT2D eigenvalue weighted by Gasteiger charge is -1.96. The summed E-state index contributed by atoms with van der Waals surface area (Å²) in [6, 6.07) is 1.64. The number of hydrogen-bond acceptors (Lipinski definition) is 6. The van der Waals surface area contributed by atoms with Gasteiger partial charge >= 0.3 is 0 Å². The minimum Gasteiger partial charge on any atom is -0.296 e. The first-order valence-electron chi connectivity index (χ1n) is 5.11. The molecular weight excluding hydrogens is 252 g/mol. The van der Waals surface area contributed by atoms with Crippen molar-refractivity contribution in [2.75, 3.05) is 5.32 Å². The zero-order valence-electron chi connectivity index (χ0n) is 9.36. The summed E-state index contributed by atoms with van der Waals surface area (Å²) in [5, 5.41) is 7.15. The number of hydrogen-bond donors (Lipinski definition) is 1. The summed E-state index contributed by atoms with van der Waals surface area (Å²) in [5.41, 5.74) is 0.872. The average Bonchev–Trinajstić information content (AvgIpc) is 2.94. The van der Waals surface area contributed by atoms with E-state index in [0.717, 1.165) is 0 Å². The smallest absolute Gasteiger partial charge is 0.277 e. The van der Waals surface area contributed by atoms with Crippen LogP contribution in [0, 0.1) is 0 Å². The number of anilines is 1. The van der Waals surface area contributed by atoms with Gasteiger partial charge in [-0.25, -0.2) is 9.97 Å². The van der Waals surface area contributed by atoms with E-state index in [1.807, 2.05) is 0 Å². The third-order valence-corrected chi connectivity index (χ3v) is 3.08. The van der Waals surface area contributed by atoms with Gasteiger partial charge in [-0.2, -0.15) is 10.1 Å². The molecule has 7 nitrogen and oxygen atoms in total. The second-order valence-electron chi connectivity index (χ2n) is 3.53. The van der Waals surface area contributed by atoms with Gasteiger partial charge in [-0.15, -0.1) is 0 Å². The molecule has 1 N–H and O–H groups in total. The summed E-state index contributed by atoms with van der Waals surface area (Å²) in [7, 11) is 1.75. The Morgan fingerprint density at radius 2 is 2.22 bits per heavy atom.